The van der Waals surface area contributed by atoms with Gasteiger partial charge in [0.15, 0.2) is 12.0 Å². The van der Waals surface area contributed by atoms with Gasteiger partial charge >= 0.3 is 0 Å². The van der Waals surface area contributed by atoms with Crippen molar-refractivity contribution in [1.29, 1.82) is 0 Å². The summed E-state index contributed by atoms with van der Waals surface area (Å²) in [6, 6.07) is 5.53. The van der Waals surface area contributed by atoms with Gasteiger partial charge in [-0.25, -0.2) is 0 Å². The normalized spacial score (nSPS) is 16.6. The number of furan rings is 1. The summed E-state index contributed by atoms with van der Waals surface area (Å²) in [7, 11) is 0. The van der Waals surface area contributed by atoms with Crippen LogP contribution in [0.3, 0.4) is 0 Å². The Labute approximate surface area is 98.7 Å². The maximum Gasteiger partial charge on any atom is 0.185 e. The van der Waals surface area contributed by atoms with E-state index < -0.39 is 0 Å². The number of carbonyl (C=O) groups is 1. The third-order valence-corrected chi connectivity index (χ3v) is 2.82. The van der Waals surface area contributed by atoms with Gasteiger partial charge in [0, 0.05) is 17.0 Å². The lowest BCUT2D eigenvalue weighted by molar-refractivity contribution is 0.110. The number of benzene rings is 1. The standard InChI is InChI=1S/C14H12O3/c1-14(2)4-3-9-5-10-6-11(8-15)16-12(10)7-13(9)17-14/h3-8H,1-2H3. The summed E-state index contributed by atoms with van der Waals surface area (Å²) in [5, 5.41) is 0.916. The molecule has 0 spiro atoms. The molecule has 3 rings (SSSR count). The first-order chi connectivity index (χ1) is 8.07. The van der Waals surface area contributed by atoms with Crippen LogP contribution in [0, 0.1) is 0 Å². The summed E-state index contributed by atoms with van der Waals surface area (Å²) in [5.41, 5.74) is 1.38. The third-order valence-electron chi connectivity index (χ3n) is 2.82. The Bertz CT molecular complexity index is 632. The smallest absolute Gasteiger partial charge is 0.185 e. The van der Waals surface area contributed by atoms with Crippen LogP contribution < -0.4 is 4.74 Å². The summed E-state index contributed by atoms with van der Waals surface area (Å²) in [5.74, 6) is 1.13. The highest BCUT2D eigenvalue weighted by atomic mass is 16.5. The minimum Gasteiger partial charge on any atom is -0.483 e. The summed E-state index contributed by atoms with van der Waals surface area (Å²) < 4.78 is 11.2. The number of ether oxygens (including phenoxy) is 1. The summed E-state index contributed by atoms with van der Waals surface area (Å²) in [6.45, 7) is 3.99. The zero-order valence-corrected chi connectivity index (χ0v) is 9.69. The van der Waals surface area contributed by atoms with Crippen LogP contribution in [0.2, 0.25) is 0 Å². The van der Waals surface area contributed by atoms with E-state index in [9.17, 15) is 4.79 Å². The molecule has 0 radical (unpaired) electrons. The minimum atomic E-state index is -0.305. The molecule has 1 aliphatic heterocycles. The highest BCUT2D eigenvalue weighted by Crippen LogP contribution is 2.35. The van der Waals surface area contributed by atoms with Gasteiger partial charge in [0.1, 0.15) is 16.9 Å². The van der Waals surface area contributed by atoms with Gasteiger partial charge in [-0.2, -0.15) is 0 Å². The number of carbonyl (C=O) groups excluding carboxylic acids is 1. The molecule has 0 saturated heterocycles. The molecule has 0 bridgehead atoms. The first kappa shape index (κ1) is 10.1. The van der Waals surface area contributed by atoms with Crippen molar-refractivity contribution in [2.75, 3.05) is 0 Å². The maximum absolute atomic E-state index is 10.7. The third kappa shape index (κ3) is 1.64. The SMILES string of the molecule is CC1(C)C=Cc2cc3cc(C=O)oc3cc2O1. The zero-order chi connectivity index (χ0) is 12.0. The van der Waals surface area contributed by atoms with Crippen LogP contribution in [0.1, 0.15) is 30.0 Å². The van der Waals surface area contributed by atoms with Crippen LogP contribution in [0.4, 0.5) is 0 Å². The second-order valence-corrected chi connectivity index (χ2v) is 4.73. The van der Waals surface area contributed by atoms with E-state index in [2.05, 4.69) is 0 Å². The average Bonchev–Trinajstić information content (AvgIpc) is 2.66. The van der Waals surface area contributed by atoms with E-state index in [0.717, 1.165) is 16.7 Å². The molecule has 3 nitrogen and oxygen atoms in total. The van der Waals surface area contributed by atoms with Crippen molar-refractivity contribution in [3.63, 3.8) is 0 Å². The van der Waals surface area contributed by atoms with Crippen LogP contribution in [0.15, 0.2) is 28.7 Å². The Hall–Kier alpha value is -2.03. The van der Waals surface area contributed by atoms with Crippen LogP contribution in [0.25, 0.3) is 17.0 Å². The lowest BCUT2D eigenvalue weighted by Crippen LogP contribution is -2.27. The van der Waals surface area contributed by atoms with Gasteiger partial charge < -0.3 is 9.15 Å². The van der Waals surface area contributed by atoms with Crippen LogP contribution in [-0.4, -0.2) is 11.9 Å². The van der Waals surface area contributed by atoms with Crippen molar-refractivity contribution >= 4 is 23.3 Å². The van der Waals surface area contributed by atoms with Crippen LogP contribution in [-0.2, 0) is 0 Å². The zero-order valence-electron chi connectivity index (χ0n) is 9.69. The Kier molecular flexibility index (Phi) is 1.93. The van der Waals surface area contributed by atoms with Crippen molar-refractivity contribution in [3.8, 4) is 5.75 Å². The van der Waals surface area contributed by atoms with E-state index in [0.29, 0.717) is 17.6 Å². The van der Waals surface area contributed by atoms with Crippen LogP contribution >= 0.6 is 0 Å². The first-order valence-electron chi connectivity index (χ1n) is 5.48. The van der Waals surface area contributed by atoms with Crippen molar-refractivity contribution in [2.24, 2.45) is 0 Å². The molecule has 2 aromatic rings. The molecule has 1 aromatic carbocycles. The predicted octanol–water partition coefficient (Wildman–Crippen LogP) is 3.43. The largest absolute Gasteiger partial charge is 0.483 e. The molecule has 17 heavy (non-hydrogen) atoms. The molecule has 0 atom stereocenters. The summed E-state index contributed by atoms with van der Waals surface area (Å²) >= 11 is 0. The molecule has 86 valence electrons. The number of aldehydes is 1. The minimum absolute atomic E-state index is 0.305. The molecule has 0 unspecified atom stereocenters. The molecule has 2 heterocycles. The average molecular weight is 228 g/mol. The number of rotatable bonds is 1. The first-order valence-corrected chi connectivity index (χ1v) is 5.48. The maximum atomic E-state index is 10.7. The second-order valence-electron chi connectivity index (χ2n) is 4.73. The van der Waals surface area contributed by atoms with Gasteiger partial charge in [-0.15, -0.1) is 0 Å². The molecule has 1 aromatic heterocycles. The lowest BCUT2D eigenvalue weighted by atomic mass is 10.0. The Balaban J connectivity index is 2.20. The van der Waals surface area contributed by atoms with Crippen LogP contribution in [0.5, 0.6) is 5.75 Å². The van der Waals surface area contributed by atoms with Gasteiger partial charge in [-0.3, -0.25) is 4.79 Å². The highest BCUT2D eigenvalue weighted by molar-refractivity contribution is 5.88. The Morgan fingerprint density at radius 2 is 2.06 bits per heavy atom. The van der Waals surface area contributed by atoms with E-state index in [4.69, 9.17) is 9.15 Å². The van der Waals surface area contributed by atoms with Crippen molar-refractivity contribution in [1.82, 2.24) is 0 Å². The van der Waals surface area contributed by atoms with E-state index in [1.807, 2.05) is 38.1 Å². The lowest BCUT2D eigenvalue weighted by Gasteiger charge is -2.27. The monoisotopic (exact) mass is 228 g/mol. The fourth-order valence-corrected chi connectivity index (χ4v) is 1.99. The Morgan fingerprint density at radius 1 is 1.24 bits per heavy atom. The molecule has 0 amide bonds. The molecule has 0 fully saturated rings. The molecule has 0 aliphatic carbocycles. The quantitative estimate of drug-likeness (QED) is 0.702. The Morgan fingerprint density at radius 3 is 2.82 bits per heavy atom. The fraction of sp³-hybridized carbons (Fsp3) is 0.214. The number of fused-ring (bicyclic) bond motifs is 2. The van der Waals surface area contributed by atoms with Gasteiger partial charge in [-0.1, -0.05) is 6.08 Å². The summed E-state index contributed by atoms with van der Waals surface area (Å²) in [4.78, 5) is 10.7. The number of hydrogen-bond donors (Lipinski definition) is 0. The topological polar surface area (TPSA) is 39.4 Å². The van der Waals surface area contributed by atoms with Gasteiger partial charge in [0.2, 0.25) is 0 Å². The van der Waals surface area contributed by atoms with E-state index in [-0.39, 0.29) is 5.60 Å². The molecule has 0 saturated carbocycles. The van der Waals surface area contributed by atoms with Crippen molar-refractivity contribution in [2.45, 2.75) is 19.4 Å². The summed E-state index contributed by atoms with van der Waals surface area (Å²) in [6.07, 6.45) is 4.76. The number of hydrogen-bond acceptors (Lipinski definition) is 3. The molecule has 3 heteroatoms. The van der Waals surface area contributed by atoms with Gasteiger partial charge in [-0.05, 0) is 32.1 Å². The van der Waals surface area contributed by atoms with Crippen molar-refractivity contribution in [3.05, 3.63) is 35.6 Å². The van der Waals surface area contributed by atoms with E-state index in [1.165, 1.54) is 0 Å². The highest BCUT2D eigenvalue weighted by Gasteiger charge is 2.22. The van der Waals surface area contributed by atoms with Gasteiger partial charge in [0.05, 0.1) is 0 Å². The molecular weight excluding hydrogens is 216 g/mol. The molecule has 1 aliphatic rings. The van der Waals surface area contributed by atoms with E-state index >= 15 is 0 Å². The molecular formula is C14H12O3. The fourth-order valence-electron chi connectivity index (χ4n) is 1.99. The van der Waals surface area contributed by atoms with E-state index in [1.54, 1.807) is 6.07 Å². The molecule has 0 N–H and O–H groups in total. The van der Waals surface area contributed by atoms with Crippen molar-refractivity contribution < 1.29 is 13.9 Å². The predicted molar refractivity (Wildman–Crippen MR) is 65.3 cm³/mol. The second kappa shape index (κ2) is 3.23. The van der Waals surface area contributed by atoms with Gasteiger partial charge in [0.25, 0.3) is 0 Å².